The maximum Gasteiger partial charge on any atom is 0.237 e. The fourth-order valence-corrected chi connectivity index (χ4v) is 2.51. The summed E-state index contributed by atoms with van der Waals surface area (Å²) in [5, 5.41) is 4.12. The summed E-state index contributed by atoms with van der Waals surface area (Å²) < 4.78 is 4.96. The van der Waals surface area contributed by atoms with Crippen LogP contribution in [-0.4, -0.2) is 44.2 Å². The quantitative estimate of drug-likeness (QED) is 0.656. The average Bonchev–Trinajstić information content (AvgIpc) is 2.51. The van der Waals surface area contributed by atoms with Gasteiger partial charge in [0.25, 0.3) is 0 Å². The van der Waals surface area contributed by atoms with Gasteiger partial charge in [0.15, 0.2) is 0 Å². The van der Waals surface area contributed by atoms with Crippen LogP contribution in [-0.2, 0) is 9.53 Å². The van der Waals surface area contributed by atoms with Crippen molar-refractivity contribution in [2.75, 3.05) is 33.4 Å². The van der Waals surface area contributed by atoms with Crippen LogP contribution in [0.4, 0.5) is 0 Å². The monoisotopic (exact) mass is 382 g/mol. The molecular formula is C16H25Cl3N2O2. The van der Waals surface area contributed by atoms with Crippen molar-refractivity contribution >= 4 is 41.5 Å². The number of carbonyl (C=O) groups excluding carboxylic acids is 1. The van der Waals surface area contributed by atoms with Crippen LogP contribution >= 0.6 is 35.6 Å². The Morgan fingerprint density at radius 1 is 1.35 bits per heavy atom. The fourth-order valence-electron chi connectivity index (χ4n) is 2.20. The highest BCUT2D eigenvalue weighted by molar-refractivity contribution is 6.42. The van der Waals surface area contributed by atoms with E-state index in [0.29, 0.717) is 36.3 Å². The minimum atomic E-state index is -0.0496. The second-order valence-corrected chi connectivity index (χ2v) is 5.92. The molecule has 0 fully saturated rings. The zero-order valence-electron chi connectivity index (χ0n) is 13.8. The Kier molecular flexibility index (Phi) is 11.7. The molecule has 1 rings (SSSR count). The van der Waals surface area contributed by atoms with Crippen LogP contribution in [0.25, 0.3) is 0 Å². The lowest BCUT2D eigenvalue weighted by Crippen LogP contribution is -2.40. The van der Waals surface area contributed by atoms with Crippen LogP contribution in [0.3, 0.4) is 0 Å². The Labute approximate surface area is 154 Å². The molecule has 7 heteroatoms. The first-order valence-corrected chi connectivity index (χ1v) is 8.20. The van der Waals surface area contributed by atoms with Gasteiger partial charge in [0.2, 0.25) is 5.91 Å². The number of rotatable bonds is 9. The fraction of sp³-hybridized carbons (Fsp3) is 0.562. The third-order valence-corrected chi connectivity index (χ3v) is 4.18. The number of amides is 1. The number of ether oxygens (including phenoxy) is 1. The van der Waals surface area contributed by atoms with Crippen molar-refractivity contribution in [3.05, 3.63) is 33.8 Å². The maximum absolute atomic E-state index is 12.4. The molecule has 1 aromatic carbocycles. The lowest BCUT2D eigenvalue weighted by molar-refractivity contribution is -0.132. The molecule has 0 radical (unpaired) electrons. The van der Waals surface area contributed by atoms with Crippen molar-refractivity contribution in [3.63, 3.8) is 0 Å². The molecule has 0 saturated heterocycles. The van der Waals surface area contributed by atoms with Gasteiger partial charge in [-0.2, -0.15) is 0 Å². The summed E-state index contributed by atoms with van der Waals surface area (Å²) in [4.78, 5) is 14.3. The summed E-state index contributed by atoms with van der Waals surface area (Å²) in [7, 11) is 1.64. The van der Waals surface area contributed by atoms with E-state index >= 15 is 0 Å². The summed E-state index contributed by atoms with van der Waals surface area (Å²) in [6, 6.07) is 5.45. The topological polar surface area (TPSA) is 41.6 Å². The summed E-state index contributed by atoms with van der Waals surface area (Å²) in [6.45, 7) is 6.30. The highest BCUT2D eigenvalue weighted by atomic mass is 35.5. The lowest BCUT2D eigenvalue weighted by Gasteiger charge is -2.30. The third-order valence-electron chi connectivity index (χ3n) is 3.44. The van der Waals surface area contributed by atoms with E-state index in [0.717, 1.165) is 12.0 Å². The van der Waals surface area contributed by atoms with Crippen LogP contribution in [0.5, 0.6) is 0 Å². The molecule has 1 aromatic rings. The zero-order chi connectivity index (χ0) is 16.5. The zero-order valence-corrected chi connectivity index (χ0v) is 16.1. The van der Waals surface area contributed by atoms with Crippen molar-refractivity contribution in [1.29, 1.82) is 0 Å². The number of benzene rings is 1. The minimum absolute atomic E-state index is 0. The number of nitrogens with zero attached hydrogens (tertiary/aromatic N) is 1. The second-order valence-electron chi connectivity index (χ2n) is 5.11. The summed E-state index contributed by atoms with van der Waals surface area (Å²) in [5.41, 5.74) is 0.980. The van der Waals surface area contributed by atoms with Crippen molar-refractivity contribution in [2.24, 2.45) is 0 Å². The van der Waals surface area contributed by atoms with Gasteiger partial charge in [-0.15, -0.1) is 12.4 Å². The van der Waals surface area contributed by atoms with Crippen LogP contribution in [0, 0.1) is 0 Å². The largest absolute Gasteiger partial charge is 0.383 e. The predicted molar refractivity (Wildman–Crippen MR) is 98.9 cm³/mol. The first-order chi connectivity index (χ1) is 10.5. The molecule has 0 aliphatic carbocycles. The predicted octanol–water partition coefficient (Wildman–Crippen LogP) is 3.95. The maximum atomic E-state index is 12.4. The summed E-state index contributed by atoms with van der Waals surface area (Å²) in [6.07, 6.45) is 0.898. The summed E-state index contributed by atoms with van der Waals surface area (Å²) in [5.74, 6) is 0.0662. The van der Waals surface area contributed by atoms with Gasteiger partial charge in [0.05, 0.1) is 29.2 Å². The molecule has 0 spiro atoms. The molecule has 0 aromatic heterocycles. The Morgan fingerprint density at radius 2 is 2.04 bits per heavy atom. The SMILES string of the molecule is CCCN(C(=O)CNCCOC)C(C)c1ccc(Cl)c(Cl)c1.Cl. The number of carbonyl (C=O) groups is 1. The molecule has 132 valence electrons. The standard InChI is InChI=1S/C16H24Cl2N2O2.ClH/c1-4-8-20(16(21)11-19-7-9-22-3)12(2)13-5-6-14(17)15(18)10-13;/h5-6,10,12,19H,4,7-9,11H2,1-3H3;1H. The van der Waals surface area contributed by atoms with E-state index in [2.05, 4.69) is 12.2 Å². The Balaban J connectivity index is 0.00000484. The molecule has 1 amide bonds. The van der Waals surface area contributed by atoms with Crippen molar-refractivity contribution in [2.45, 2.75) is 26.3 Å². The third kappa shape index (κ3) is 7.27. The molecule has 0 aliphatic heterocycles. The number of nitrogens with one attached hydrogen (secondary N) is 1. The first-order valence-electron chi connectivity index (χ1n) is 7.45. The molecular weight excluding hydrogens is 359 g/mol. The molecule has 4 nitrogen and oxygen atoms in total. The number of hydrogen-bond acceptors (Lipinski definition) is 3. The van der Waals surface area contributed by atoms with E-state index in [1.807, 2.05) is 24.0 Å². The van der Waals surface area contributed by atoms with Crippen molar-refractivity contribution < 1.29 is 9.53 Å². The lowest BCUT2D eigenvalue weighted by atomic mass is 10.1. The second kappa shape index (κ2) is 11.9. The molecule has 1 atom stereocenters. The Hall–Kier alpha value is -0.520. The molecule has 23 heavy (non-hydrogen) atoms. The van der Waals surface area contributed by atoms with Crippen LogP contribution in [0.2, 0.25) is 10.0 Å². The molecule has 0 heterocycles. The van der Waals surface area contributed by atoms with Crippen LogP contribution < -0.4 is 5.32 Å². The summed E-state index contributed by atoms with van der Waals surface area (Å²) >= 11 is 12.0. The van der Waals surface area contributed by atoms with Gasteiger partial charge in [-0.1, -0.05) is 36.2 Å². The highest BCUT2D eigenvalue weighted by Gasteiger charge is 2.20. The number of methoxy groups -OCH3 is 1. The molecule has 0 bridgehead atoms. The van der Waals surface area contributed by atoms with E-state index in [-0.39, 0.29) is 24.4 Å². The minimum Gasteiger partial charge on any atom is -0.383 e. The van der Waals surface area contributed by atoms with E-state index in [9.17, 15) is 4.79 Å². The molecule has 0 aliphatic rings. The van der Waals surface area contributed by atoms with Gasteiger partial charge in [0, 0.05) is 20.2 Å². The molecule has 0 saturated carbocycles. The normalized spacial score (nSPS) is 11.7. The first kappa shape index (κ1) is 22.5. The van der Waals surface area contributed by atoms with E-state index < -0.39 is 0 Å². The van der Waals surface area contributed by atoms with Gasteiger partial charge < -0.3 is 15.0 Å². The van der Waals surface area contributed by atoms with Gasteiger partial charge in [-0.05, 0) is 31.0 Å². The Bertz CT molecular complexity index is 486. The molecule has 1 N–H and O–H groups in total. The van der Waals surface area contributed by atoms with Gasteiger partial charge in [-0.25, -0.2) is 0 Å². The van der Waals surface area contributed by atoms with Gasteiger partial charge in [-0.3, -0.25) is 4.79 Å². The Morgan fingerprint density at radius 3 is 2.61 bits per heavy atom. The molecule has 1 unspecified atom stereocenters. The van der Waals surface area contributed by atoms with Crippen LogP contribution in [0.15, 0.2) is 18.2 Å². The smallest absolute Gasteiger partial charge is 0.237 e. The van der Waals surface area contributed by atoms with Gasteiger partial charge in [0.1, 0.15) is 0 Å². The van der Waals surface area contributed by atoms with Gasteiger partial charge >= 0.3 is 0 Å². The van der Waals surface area contributed by atoms with Crippen molar-refractivity contribution in [1.82, 2.24) is 10.2 Å². The number of halogens is 3. The van der Waals surface area contributed by atoms with E-state index in [1.54, 1.807) is 13.2 Å². The number of hydrogen-bond donors (Lipinski definition) is 1. The average molecular weight is 384 g/mol. The van der Waals surface area contributed by atoms with E-state index in [1.165, 1.54) is 0 Å². The highest BCUT2D eigenvalue weighted by Crippen LogP contribution is 2.28. The van der Waals surface area contributed by atoms with E-state index in [4.69, 9.17) is 27.9 Å². The van der Waals surface area contributed by atoms with Crippen molar-refractivity contribution in [3.8, 4) is 0 Å². The van der Waals surface area contributed by atoms with Crippen LogP contribution in [0.1, 0.15) is 31.9 Å².